The second kappa shape index (κ2) is 18.7. The summed E-state index contributed by atoms with van der Waals surface area (Å²) in [7, 11) is 0. The molecular formula is C39H38F4N3NaO8. The second-order valence-electron chi connectivity index (χ2n) is 13.2. The maximum atomic E-state index is 15.1. The third kappa shape index (κ3) is 10.5. The minimum atomic E-state index is -4.65. The van der Waals surface area contributed by atoms with Crippen LogP contribution in [0, 0.1) is 25.6 Å². The molecule has 3 aromatic rings. The molecule has 0 radical (unpaired) electrons. The molecule has 11 nitrogen and oxygen atoms in total. The molecule has 1 saturated heterocycles. The van der Waals surface area contributed by atoms with E-state index in [1.54, 1.807) is 37.3 Å². The van der Waals surface area contributed by atoms with Crippen molar-refractivity contribution in [2.45, 2.75) is 70.6 Å². The Morgan fingerprint density at radius 3 is 2.24 bits per heavy atom. The fourth-order valence-corrected chi connectivity index (χ4v) is 7.05. The average molecular weight is 776 g/mol. The standard InChI is InChI=1S/C39H39F4N3O8.Na/c1-23-12-15-26(21-30(23)39(41,42)43)44-36(50)29-10-6-20-45(37(51)34-24(2)7-5-11-31(34)40)35(29)25-13-16-28(17-14-25)46(27-8-3-4-9-27)38(52)54-22-53-33(49)19-18-32(47)48;/h5,7,11-19,21,27,29,35H,3-4,6,8-10,20,22H2,1-2H3,(H,44,50)(H,47,48);/q;+1/p-1/b19-18+;/t29-,35-;/m0./s1. The molecule has 16 heteroatoms. The summed E-state index contributed by atoms with van der Waals surface area (Å²) in [6.07, 6.45) is -0.836. The van der Waals surface area contributed by atoms with Crippen LogP contribution in [0.2, 0.25) is 0 Å². The zero-order valence-electron chi connectivity index (χ0n) is 30.5. The van der Waals surface area contributed by atoms with E-state index in [1.807, 2.05) is 0 Å². The van der Waals surface area contributed by atoms with Crippen molar-refractivity contribution in [3.05, 3.63) is 106 Å². The molecule has 2 aliphatic rings. The van der Waals surface area contributed by atoms with Gasteiger partial charge in [0.25, 0.3) is 5.91 Å². The van der Waals surface area contributed by atoms with Crippen molar-refractivity contribution in [1.82, 2.24) is 4.90 Å². The largest absolute Gasteiger partial charge is 1.00 e. The first-order valence-electron chi connectivity index (χ1n) is 17.3. The Morgan fingerprint density at radius 2 is 1.60 bits per heavy atom. The second-order valence-corrected chi connectivity index (χ2v) is 13.2. The van der Waals surface area contributed by atoms with Crippen LogP contribution in [0.5, 0.6) is 0 Å². The number of carbonyl (C=O) groups excluding carboxylic acids is 5. The van der Waals surface area contributed by atoms with Crippen molar-refractivity contribution in [1.29, 1.82) is 0 Å². The molecule has 0 aromatic heterocycles. The van der Waals surface area contributed by atoms with Gasteiger partial charge in [-0.1, -0.05) is 43.2 Å². The quantitative estimate of drug-likeness (QED) is 0.109. The maximum Gasteiger partial charge on any atom is 1.00 e. The topological polar surface area (TPSA) is 145 Å². The van der Waals surface area contributed by atoms with Gasteiger partial charge in [-0.05, 0) is 92.6 Å². The summed E-state index contributed by atoms with van der Waals surface area (Å²) in [5.41, 5.74) is 0.0546. The summed E-state index contributed by atoms with van der Waals surface area (Å²) in [4.78, 5) is 66.4. The third-order valence-electron chi connectivity index (χ3n) is 9.61. The van der Waals surface area contributed by atoms with Crippen molar-refractivity contribution >= 4 is 41.2 Å². The molecule has 1 aliphatic heterocycles. The Kier molecular flexibility index (Phi) is 14.7. The number of benzene rings is 3. The predicted molar refractivity (Wildman–Crippen MR) is 185 cm³/mol. The number of anilines is 2. The number of carboxylic acids is 1. The van der Waals surface area contributed by atoms with Crippen LogP contribution in [0.25, 0.3) is 0 Å². The van der Waals surface area contributed by atoms with E-state index in [9.17, 15) is 42.3 Å². The number of esters is 1. The van der Waals surface area contributed by atoms with Crippen molar-refractivity contribution in [2.75, 3.05) is 23.6 Å². The number of nitrogens with zero attached hydrogens (tertiary/aromatic N) is 2. The predicted octanol–water partition coefficient (Wildman–Crippen LogP) is 3.39. The zero-order chi connectivity index (χ0) is 39.2. The fourth-order valence-electron chi connectivity index (χ4n) is 7.05. The maximum absolute atomic E-state index is 15.1. The van der Waals surface area contributed by atoms with E-state index in [0.717, 1.165) is 25.0 Å². The molecule has 3 amide bonds. The van der Waals surface area contributed by atoms with E-state index >= 15 is 4.39 Å². The number of ether oxygens (including phenoxy) is 2. The molecule has 0 unspecified atom stereocenters. The molecule has 55 heavy (non-hydrogen) atoms. The Balaban J connectivity index is 0.00000673. The number of carbonyl (C=O) groups is 5. The summed E-state index contributed by atoms with van der Waals surface area (Å²) in [5.74, 6) is -5.68. The van der Waals surface area contributed by atoms with Gasteiger partial charge in [-0.3, -0.25) is 14.5 Å². The number of carboxylic acid groups (broad SMARTS) is 1. The number of alkyl halides is 3. The van der Waals surface area contributed by atoms with Gasteiger partial charge in [-0.25, -0.2) is 14.0 Å². The minimum Gasteiger partial charge on any atom is -0.545 e. The number of aryl methyl sites for hydroxylation is 2. The molecule has 286 valence electrons. The first kappa shape index (κ1) is 43.0. The monoisotopic (exact) mass is 775 g/mol. The first-order valence-corrected chi connectivity index (χ1v) is 17.3. The van der Waals surface area contributed by atoms with Crippen LogP contribution in [0.4, 0.5) is 33.7 Å². The fraction of sp³-hybridized carbons (Fsp3) is 0.359. The normalized spacial score (nSPS) is 17.3. The third-order valence-corrected chi connectivity index (χ3v) is 9.61. The SMILES string of the molecule is Cc1ccc(NC(=O)[C@H]2CCCN(C(=O)c3c(C)cccc3F)[C@H]2c2ccc(N(C(=O)OCOC(=O)/C=C/C(=O)[O-])C3CCCC3)cc2)cc1C(F)(F)F.[Na+]. The number of likely N-dealkylation sites (tertiary alicyclic amines) is 1. The molecule has 1 N–H and O–H groups in total. The van der Waals surface area contributed by atoms with E-state index in [0.29, 0.717) is 48.2 Å². The van der Waals surface area contributed by atoms with Gasteiger partial charge in [0.2, 0.25) is 12.7 Å². The van der Waals surface area contributed by atoms with Gasteiger partial charge in [0, 0.05) is 30.0 Å². The molecule has 0 spiro atoms. The number of hydrogen-bond donors (Lipinski definition) is 1. The van der Waals surface area contributed by atoms with Gasteiger partial charge >= 0.3 is 47.8 Å². The van der Waals surface area contributed by atoms with Gasteiger partial charge < -0.3 is 29.6 Å². The number of halogens is 4. The number of aliphatic carboxylic acids is 1. The number of rotatable bonds is 10. The summed E-state index contributed by atoms with van der Waals surface area (Å²) < 4.78 is 66.2. The zero-order valence-corrected chi connectivity index (χ0v) is 32.5. The van der Waals surface area contributed by atoms with E-state index in [1.165, 1.54) is 34.9 Å². The summed E-state index contributed by atoms with van der Waals surface area (Å²) >= 11 is 0. The Labute approximate surface area is 336 Å². The molecule has 2 fully saturated rings. The number of amides is 3. The molecule has 1 saturated carbocycles. The molecule has 3 aromatic carbocycles. The van der Waals surface area contributed by atoms with Crippen molar-refractivity contribution in [3.63, 3.8) is 0 Å². The molecule has 2 atom stereocenters. The van der Waals surface area contributed by atoms with Crippen molar-refractivity contribution in [2.24, 2.45) is 5.92 Å². The van der Waals surface area contributed by atoms with Gasteiger partial charge in [0.15, 0.2) is 0 Å². The van der Waals surface area contributed by atoms with E-state index in [-0.39, 0.29) is 65.4 Å². The van der Waals surface area contributed by atoms with Crippen LogP contribution in [-0.4, -0.2) is 54.1 Å². The van der Waals surface area contributed by atoms with E-state index < -0.39 is 66.2 Å². The Hall–Kier alpha value is -4.73. The van der Waals surface area contributed by atoms with Crippen molar-refractivity contribution in [3.8, 4) is 0 Å². The number of nitrogens with one attached hydrogen (secondary N) is 1. The molecule has 1 heterocycles. The van der Waals surface area contributed by atoms with Gasteiger partial charge in [-0.15, -0.1) is 0 Å². The summed E-state index contributed by atoms with van der Waals surface area (Å²) in [6.45, 7) is 2.26. The van der Waals surface area contributed by atoms with E-state index in [4.69, 9.17) is 9.47 Å². The van der Waals surface area contributed by atoms with Crippen LogP contribution < -0.4 is 44.9 Å². The Morgan fingerprint density at radius 1 is 0.909 bits per heavy atom. The number of piperidine rings is 1. The van der Waals surface area contributed by atoms with Gasteiger partial charge in [-0.2, -0.15) is 13.2 Å². The average Bonchev–Trinajstić information content (AvgIpc) is 3.65. The van der Waals surface area contributed by atoms with Crippen LogP contribution in [0.1, 0.15) is 77.2 Å². The molecule has 5 rings (SSSR count). The summed E-state index contributed by atoms with van der Waals surface area (Å²) in [6, 6.07) is 12.9. The summed E-state index contributed by atoms with van der Waals surface area (Å²) in [5, 5.41) is 13.1. The van der Waals surface area contributed by atoms with Crippen LogP contribution in [0.3, 0.4) is 0 Å². The van der Waals surface area contributed by atoms with Crippen LogP contribution in [0.15, 0.2) is 72.8 Å². The minimum absolute atomic E-state index is 0. The van der Waals surface area contributed by atoms with E-state index in [2.05, 4.69) is 5.32 Å². The van der Waals surface area contributed by atoms with Crippen LogP contribution >= 0.6 is 0 Å². The Bertz CT molecular complexity index is 1910. The van der Waals surface area contributed by atoms with Gasteiger partial charge in [0.05, 0.1) is 29.1 Å². The number of hydrogen-bond acceptors (Lipinski definition) is 8. The first-order chi connectivity index (χ1) is 25.6. The molecule has 0 bridgehead atoms. The molecule has 1 aliphatic carbocycles. The van der Waals surface area contributed by atoms with Crippen LogP contribution in [-0.2, 0) is 30.0 Å². The molecular weight excluding hydrogens is 737 g/mol. The smallest absolute Gasteiger partial charge is 0.545 e. The van der Waals surface area contributed by atoms with Crippen molar-refractivity contribution < 1.29 is 85.7 Å². The van der Waals surface area contributed by atoms with Gasteiger partial charge in [0.1, 0.15) is 5.82 Å².